The highest BCUT2D eigenvalue weighted by Crippen LogP contribution is 1.93. The van der Waals surface area contributed by atoms with Crippen LogP contribution < -0.4 is 0 Å². The second kappa shape index (κ2) is 11.7. The maximum absolute atomic E-state index is 10.9. The molecule has 5 nitrogen and oxygen atoms in total. The average Bonchev–Trinajstić information content (AvgIpc) is 2.35. The predicted octanol–water partition coefficient (Wildman–Crippen LogP) is 0.730. The van der Waals surface area contributed by atoms with E-state index in [9.17, 15) is 9.59 Å². The fourth-order valence-electron chi connectivity index (χ4n) is 1.14. The first-order chi connectivity index (χ1) is 8.20. The number of aliphatic hydroxyl groups excluding tert-OH is 1. The molecule has 100 valence electrons. The summed E-state index contributed by atoms with van der Waals surface area (Å²) in [5.74, 6) is 0.0383. The van der Waals surface area contributed by atoms with Crippen molar-refractivity contribution < 1.29 is 24.2 Å². The van der Waals surface area contributed by atoms with E-state index < -0.39 is 6.61 Å². The number of hydrogen-bond acceptors (Lipinski definition) is 5. The van der Waals surface area contributed by atoms with Gasteiger partial charge in [0.1, 0.15) is 12.4 Å². The molecule has 0 heterocycles. The van der Waals surface area contributed by atoms with E-state index >= 15 is 0 Å². The first-order valence-corrected chi connectivity index (χ1v) is 6.00. The van der Waals surface area contributed by atoms with E-state index in [0.717, 1.165) is 0 Å². The Balaban J connectivity index is 3.08. The molecule has 0 aromatic rings. The van der Waals surface area contributed by atoms with Crippen molar-refractivity contribution in [2.45, 2.75) is 32.6 Å². The molecule has 0 saturated carbocycles. The van der Waals surface area contributed by atoms with Crippen molar-refractivity contribution in [2.24, 2.45) is 0 Å². The van der Waals surface area contributed by atoms with E-state index in [1.165, 1.54) is 0 Å². The number of ether oxygens (including phenoxy) is 2. The average molecular weight is 246 g/mol. The Labute approximate surface area is 102 Å². The Kier molecular flexibility index (Phi) is 11.2. The molecule has 0 amide bonds. The number of carbonyl (C=O) groups excluding carboxylic acids is 2. The molecule has 0 rings (SSSR count). The Bertz CT molecular complexity index is 193. The fourth-order valence-corrected chi connectivity index (χ4v) is 1.14. The minimum absolute atomic E-state index is 0.164. The monoisotopic (exact) mass is 246 g/mol. The van der Waals surface area contributed by atoms with Crippen molar-refractivity contribution in [1.29, 1.82) is 0 Å². The van der Waals surface area contributed by atoms with Gasteiger partial charge in [0.05, 0.1) is 19.8 Å². The lowest BCUT2D eigenvalue weighted by Crippen LogP contribution is -2.10. The van der Waals surface area contributed by atoms with Crippen molar-refractivity contribution in [3.8, 4) is 0 Å². The number of rotatable bonds is 12. The van der Waals surface area contributed by atoms with Gasteiger partial charge in [0, 0.05) is 25.9 Å². The van der Waals surface area contributed by atoms with Crippen LogP contribution >= 0.6 is 0 Å². The van der Waals surface area contributed by atoms with Crippen LogP contribution in [0.15, 0.2) is 0 Å². The first-order valence-electron chi connectivity index (χ1n) is 6.00. The lowest BCUT2D eigenvalue weighted by Gasteiger charge is -2.04. The first kappa shape index (κ1) is 16.2. The molecule has 0 unspecified atom stereocenters. The van der Waals surface area contributed by atoms with Crippen molar-refractivity contribution in [3.05, 3.63) is 0 Å². The van der Waals surface area contributed by atoms with Crippen molar-refractivity contribution >= 4 is 11.6 Å². The van der Waals surface area contributed by atoms with Gasteiger partial charge in [-0.3, -0.25) is 9.59 Å². The van der Waals surface area contributed by atoms with E-state index in [0.29, 0.717) is 52.1 Å². The molecule has 0 fully saturated rings. The topological polar surface area (TPSA) is 72.8 Å². The van der Waals surface area contributed by atoms with Crippen LogP contribution in [0.25, 0.3) is 0 Å². The summed E-state index contributed by atoms with van der Waals surface area (Å²) in [4.78, 5) is 21.6. The van der Waals surface area contributed by atoms with E-state index in [2.05, 4.69) is 0 Å². The highest BCUT2D eigenvalue weighted by Gasteiger charge is 1.99. The smallest absolute Gasteiger partial charge is 0.158 e. The Hall–Kier alpha value is -0.780. The molecule has 5 heteroatoms. The Morgan fingerprint density at radius 2 is 1.59 bits per heavy atom. The van der Waals surface area contributed by atoms with Crippen LogP contribution in [0.4, 0.5) is 0 Å². The molecular formula is C12H22O5. The van der Waals surface area contributed by atoms with Crippen LogP contribution in [-0.2, 0) is 19.1 Å². The zero-order valence-electron chi connectivity index (χ0n) is 10.4. The van der Waals surface area contributed by atoms with Gasteiger partial charge in [-0.25, -0.2) is 0 Å². The summed E-state index contributed by atoms with van der Waals surface area (Å²) in [5, 5.41) is 8.46. The van der Waals surface area contributed by atoms with Crippen LogP contribution in [0.5, 0.6) is 0 Å². The third-order valence-corrected chi connectivity index (χ3v) is 2.21. The summed E-state index contributed by atoms with van der Waals surface area (Å²) < 4.78 is 10.4. The molecule has 0 radical (unpaired) electrons. The van der Waals surface area contributed by atoms with E-state index in [1.807, 2.05) is 6.92 Å². The van der Waals surface area contributed by atoms with Crippen LogP contribution in [0.1, 0.15) is 32.6 Å². The van der Waals surface area contributed by atoms with Gasteiger partial charge < -0.3 is 14.6 Å². The molecule has 1 N–H and O–H groups in total. The summed E-state index contributed by atoms with van der Waals surface area (Å²) >= 11 is 0. The number of aliphatic hydroxyl groups is 1. The van der Waals surface area contributed by atoms with Crippen molar-refractivity contribution in [3.63, 3.8) is 0 Å². The lowest BCUT2D eigenvalue weighted by molar-refractivity contribution is -0.122. The summed E-state index contributed by atoms with van der Waals surface area (Å²) in [6.45, 7) is 3.30. The second-order valence-electron chi connectivity index (χ2n) is 3.67. The zero-order chi connectivity index (χ0) is 12.9. The standard InChI is InChI=1S/C12H22O5/c1-2-11(14)5-7-17-9-8-16-6-3-4-12(15)10-13/h13H,2-10H2,1H3. The largest absolute Gasteiger partial charge is 0.389 e. The molecule has 0 aromatic carbocycles. The molecule has 0 saturated heterocycles. The van der Waals surface area contributed by atoms with Gasteiger partial charge in [-0.15, -0.1) is 0 Å². The lowest BCUT2D eigenvalue weighted by atomic mass is 10.2. The maximum Gasteiger partial charge on any atom is 0.158 e. The van der Waals surface area contributed by atoms with Gasteiger partial charge in [0.15, 0.2) is 5.78 Å². The third-order valence-electron chi connectivity index (χ3n) is 2.21. The Morgan fingerprint density at radius 1 is 0.941 bits per heavy atom. The van der Waals surface area contributed by atoms with Crippen LogP contribution in [-0.4, -0.2) is 49.7 Å². The third kappa shape index (κ3) is 11.5. The molecule has 0 atom stereocenters. The number of hydrogen-bond donors (Lipinski definition) is 1. The van der Waals surface area contributed by atoms with Crippen LogP contribution in [0.2, 0.25) is 0 Å². The molecule has 0 bridgehead atoms. The molecular weight excluding hydrogens is 224 g/mol. The molecule has 0 spiro atoms. The maximum atomic E-state index is 10.9. The normalized spacial score (nSPS) is 10.5. The molecule has 0 aliphatic carbocycles. The van der Waals surface area contributed by atoms with Gasteiger partial charge >= 0.3 is 0 Å². The summed E-state index contributed by atoms with van der Waals surface area (Å²) in [6, 6.07) is 0. The van der Waals surface area contributed by atoms with Gasteiger partial charge in [0.25, 0.3) is 0 Å². The molecule has 0 aromatic heterocycles. The Morgan fingerprint density at radius 3 is 2.18 bits per heavy atom. The SMILES string of the molecule is CCC(=O)CCOCCOCCCC(=O)CO. The number of Topliss-reactive ketones (excluding diaryl/α,β-unsaturated/α-hetero) is 2. The second-order valence-corrected chi connectivity index (χ2v) is 3.67. The van der Waals surface area contributed by atoms with E-state index in [4.69, 9.17) is 14.6 Å². The fraction of sp³-hybridized carbons (Fsp3) is 0.833. The van der Waals surface area contributed by atoms with Gasteiger partial charge in [-0.1, -0.05) is 6.92 Å². The van der Waals surface area contributed by atoms with Gasteiger partial charge in [0.2, 0.25) is 0 Å². The highest BCUT2D eigenvalue weighted by molar-refractivity contribution is 5.79. The minimum atomic E-state index is -0.394. The van der Waals surface area contributed by atoms with Crippen molar-refractivity contribution in [2.75, 3.05) is 33.0 Å². The van der Waals surface area contributed by atoms with Gasteiger partial charge in [-0.2, -0.15) is 0 Å². The van der Waals surface area contributed by atoms with Crippen molar-refractivity contribution in [1.82, 2.24) is 0 Å². The van der Waals surface area contributed by atoms with Crippen LogP contribution in [0.3, 0.4) is 0 Å². The molecule has 0 aliphatic rings. The van der Waals surface area contributed by atoms with E-state index in [-0.39, 0.29) is 11.6 Å². The van der Waals surface area contributed by atoms with Gasteiger partial charge in [-0.05, 0) is 6.42 Å². The number of carbonyl (C=O) groups is 2. The highest BCUT2D eigenvalue weighted by atomic mass is 16.5. The summed E-state index contributed by atoms with van der Waals surface area (Å²) in [6.07, 6.45) is 1.98. The summed E-state index contributed by atoms with van der Waals surface area (Å²) in [5.41, 5.74) is 0. The molecule has 0 aliphatic heterocycles. The van der Waals surface area contributed by atoms with Crippen LogP contribution in [0, 0.1) is 0 Å². The predicted molar refractivity (Wildman–Crippen MR) is 62.9 cm³/mol. The quantitative estimate of drug-likeness (QED) is 0.514. The van der Waals surface area contributed by atoms with E-state index in [1.54, 1.807) is 0 Å². The summed E-state index contributed by atoms with van der Waals surface area (Å²) in [7, 11) is 0. The molecule has 17 heavy (non-hydrogen) atoms. The number of ketones is 2. The zero-order valence-corrected chi connectivity index (χ0v) is 10.4. The minimum Gasteiger partial charge on any atom is -0.389 e.